The van der Waals surface area contributed by atoms with Crippen LogP contribution >= 0.6 is 0 Å². The molecular formula is C24H21NO4S. The van der Waals surface area contributed by atoms with Gasteiger partial charge >= 0.3 is 0 Å². The van der Waals surface area contributed by atoms with Gasteiger partial charge in [0.25, 0.3) is 5.91 Å². The molecule has 6 heteroatoms. The number of aliphatic hydroxyl groups is 1. The molecule has 30 heavy (non-hydrogen) atoms. The van der Waals surface area contributed by atoms with E-state index in [1.54, 1.807) is 42.5 Å². The van der Waals surface area contributed by atoms with E-state index in [1.807, 2.05) is 37.3 Å². The van der Waals surface area contributed by atoms with Gasteiger partial charge in [-0.2, -0.15) is 0 Å². The molecule has 0 radical (unpaired) electrons. The van der Waals surface area contributed by atoms with Crippen molar-refractivity contribution >= 4 is 15.7 Å². The smallest absolute Gasteiger partial charge is 0.290 e. The number of benzene rings is 3. The number of carbonyl (C=O) groups is 1. The SMILES string of the molecule is Cc1ccc(CN2C(=O)C(O)=C(S(=O)(=O)c3ccccc3)[C@H]2c2ccccc2)cc1. The summed E-state index contributed by atoms with van der Waals surface area (Å²) in [5, 5.41) is 10.7. The monoisotopic (exact) mass is 419 g/mol. The van der Waals surface area contributed by atoms with Gasteiger partial charge < -0.3 is 10.0 Å². The molecular weight excluding hydrogens is 398 g/mol. The quantitative estimate of drug-likeness (QED) is 0.668. The summed E-state index contributed by atoms with van der Waals surface area (Å²) in [6.45, 7) is 2.14. The van der Waals surface area contributed by atoms with Crippen molar-refractivity contribution in [2.75, 3.05) is 0 Å². The Morgan fingerprint density at radius 3 is 2.03 bits per heavy atom. The third-order valence-corrected chi connectivity index (χ3v) is 7.08. The number of aryl methyl sites for hydroxylation is 1. The Labute approximate surface area is 175 Å². The second-order valence-corrected chi connectivity index (χ2v) is 9.18. The van der Waals surface area contributed by atoms with Crippen LogP contribution in [0.1, 0.15) is 22.7 Å². The summed E-state index contributed by atoms with van der Waals surface area (Å²) in [5.41, 5.74) is 2.55. The highest BCUT2D eigenvalue weighted by Gasteiger charge is 2.46. The molecule has 0 aromatic heterocycles. The number of aliphatic hydroxyl groups excluding tert-OH is 1. The molecule has 3 aromatic carbocycles. The molecule has 0 saturated heterocycles. The predicted octanol–water partition coefficient (Wildman–Crippen LogP) is 4.32. The molecule has 1 N–H and O–H groups in total. The molecule has 3 aromatic rings. The van der Waals surface area contributed by atoms with Gasteiger partial charge in [0.1, 0.15) is 4.91 Å². The molecule has 0 saturated carbocycles. The van der Waals surface area contributed by atoms with Crippen molar-refractivity contribution in [3.8, 4) is 0 Å². The second-order valence-electron chi connectivity index (χ2n) is 7.26. The summed E-state index contributed by atoms with van der Waals surface area (Å²) >= 11 is 0. The van der Waals surface area contributed by atoms with Crippen LogP contribution in [0.25, 0.3) is 0 Å². The number of hydrogen-bond donors (Lipinski definition) is 1. The summed E-state index contributed by atoms with van der Waals surface area (Å²) in [6, 6.07) is 23.5. The van der Waals surface area contributed by atoms with Gasteiger partial charge in [0.15, 0.2) is 5.76 Å². The minimum atomic E-state index is -4.08. The van der Waals surface area contributed by atoms with E-state index in [0.717, 1.165) is 11.1 Å². The van der Waals surface area contributed by atoms with E-state index in [-0.39, 0.29) is 16.3 Å². The molecule has 1 atom stereocenters. The number of nitrogens with zero attached hydrogens (tertiary/aromatic N) is 1. The van der Waals surface area contributed by atoms with Crippen LogP contribution in [0.2, 0.25) is 0 Å². The number of hydrogen-bond acceptors (Lipinski definition) is 4. The number of rotatable bonds is 5. The Bertz CT molecular complexity index is 1200. The van der Waals surface area contributed by atoms with Crippen LogP contribution < -0.4 is 0 Å². The van der Waals surface area contributed by atoms with E-state index in [1.165, 1.54) is 17.0 Å². The Morgan fingerprint density at radius 2 is 1.43 bits per heavy atom. The van der Waals surface area contributed by atoms with E-state index in [0.29, 0.717) is 5.56 Å². The Hall–Kier alpha value is -3.38. The lowest BCUT2D eigenvalue weighted by atomic mass is 10.1. The van der Waals surface area contributed by atoms with Crippen LogP contribution in [0.4, 0.5) is 0 Å². The lowest BCUT2D eigenvalue weighted by Gasteiger charge is -2.27. The van der Waals surface area contributed by atoms with Crippen LogP contribution in [0, 0.1) is 6.92 Å². The first-order chi connectivity index (χ1) is 14.4. The molecule has 1 heterocycles. The molecule has 0 unspecified atom stereocenters. The van der Waals surface area contributed by atoms with Crippen molar-refractivity contribution in [3.05, 3.63) is 112 Å². The molecule has 5 nitrogen and oxygen atoms in total. The Kier molecular flexibility index (Phi) is 5.18. The average molecular weight is 420 g/mol. The van der Waals surface area contributed by atoms with Gasteiger partial charge in [0.05, 0.1) is 10.9 Å². The Balaban J connectivity index is 1.84. The van der Waals surface area contributed by atoms with E-state index in [9.17, 15) is 18.3 Å². The molecule has 0 fully saturated rings. The van der Waals surface area contributed by atoms with Gasteiger partial charge in [0.2, 0.25) is 9.84 Å². The normalized spacial score (nSPS) is 16.9. The van der Waals surface area contributed by atoms with Crippen LogP contribution in [0.15, 0.2) is 100 Å². The summed E-state index contributed by atoms with van der Waals surface area (Å²) in [6.07, 6.45) is 0. The zero-order chi connectivity index (χ0) is 21.3. The maximum Gasteiger partial charge on any atom is 0.290 e. The summed E-state index contributed by atoms with van der Waals surface area (Å²) in [4.78, 5) is 14.2. The molecule has 1 aliphatic heterocycles. The molecule has 4 rings (SSSR count). The maximum atomic E-state index is 13.4. The van der Waals surface area contributed by atoms with Crippen molar-refractivity contribution < 1.29 is 18.3 Å². The van der Waals surface area contributed by atoms with Crippen LogP contribution in [0.3, 0.4) is 0 Å². The van der Waals surface area contributed by atoms with Crippen molar-refractivity contribution in [2.45, 2.75) is 24.4 Å². The minimum Gasteiger partial charge on any atom is -0.502 e. The van der Waals surface area contributed by atoms with E-state index in [2.05, 4.69) is 0 Å². The molecule has 0 aliphatic carbocycles. The van der Waals surface area contributed by atoms with Gasteiger partial charge in [-0.25, -0.2) is 8.42 Å². The largest absolute Gasteiger partial charge is 0.502 e. The van der Waals surface area contributed by atoms with E-state index in [4.69, 9.17) is 0 Å². The average Bonchev–Trinajstić information content (AvgIpc) is 3.02. The Morgan fingerprint density at radius 1 is 0.867 bits per heavy atom. The number of amides is 1. The maximum absolute atomic E-state index is 13.4. The highest BCUT2D eigenvalue weighted by Crippen LogP contribution is 2.43. The van der Waals surface area contributed by atoms with Gasteiger partial charge in [-0.3, -0.25) is 4.79 Å². The zero-order valence-electron chi connectivity index (χ0n) is 16.4. The summed E-state index contributed by atoms with van der Waals surface area (Å²) in [5.74, 6) is -1.42. The third kappa shape index (κ3) is 3.50. The van der Waals surface area contributed by atoms with Crippen molar-refractivity contribution in [1.82, 2.24) is 4.90 Å². The molecule has 1 aliphatic rings. The molecule has 0 bridgehead atoms. The van der Waals surface area contributed by atoms with Gasteiger partial charge in [-0.1, -0.05) is 78.4 Å². The molecule has 152 valence electrons. The van der Waals surface area contributed by atoms with Crippen molar-refractivity contribution in [3.63, 3.8) is 0 Å². The molecule has 1 amide bonds. The van der Waals surface area contributed by atoms with Crippen molar-refractivity contribution in [2.24, 2.45) is 0 Å². The zero-order valence-corrected chi connectivity index (χ0v) is 17.2. The first-order valence-corrected chi connectivity index (χ1v) is 11.0. The van der Waals surface area contributed by atoms with Gasteiger partial charge in [-0.15, -0.1) is 0 Å². The van der Waals surface area contributed by atoms with E-state index >= 15 is 0 Å². The lowest BCUT2D eigenvalue weighted by molar-refractivity contribution is -0.130. The van der Waals surface area contributed by atoms with E-state index < -0.39 is 27.5 Å². The van der Waals surface area contributed by atoms with Crippen LogP contribution in [-0.2, 0) is 21.2 Å². The lowest BCUT2D eigenvalue weighted by Crippen LogP contribution is -2.30. The topological polar surface area (TPSA) is 74.7 Å². The van der Waals surface area contributed by atoms with Gasteiger partial charge in [0, 0.05) is 6.54 Å². The fraction of sp³-hybridized carbons (Fsp3) is 0.125. The van der Waals surface area contributed by atoms with Crippen LogP contribution in [-0.4, -0.2) is 24.3 Å². The summed E-state index contributed by atoms with van der Waals surface area (Å²) < 4.78 is 26.8. The number of carbonyl (C=O) groups excluding carboxylic acids is 1. The van der Waals surface area contributed by atoms with Crippen LogP contribution in [0.5, 0.6) is 0 Å². The highest BCUT2D eigenvalue weighted by molar-refractivity contribution is 7.95. The first-order valence-electron chi connectivity index (χ1n) is 9.54. The predicted molar refractivity (Wildman–Crippen MR) is 114 cm³/mol. The standard InChI is InChI=1S/C24H21NO4S/c1-17-12-14-18(15-13-17)16-25-21(19-8-4-2-5-9-19)23(22(26)24(25)27)30(28,29)20-10-6-3-7-11-20/h2-15,21,26H,16H2,1H3/t21-/m1/s1. The fourth-order valence-corrected chi connectivity index (χ4v) is 5.32. The first kappa shape index (κ1) is 19.9. The second kappa shape index (κ2) is 7.80. The summed E-state index contributed by atoms with van der Waals surface area (Å²) in [7, 11) is -4.08. The number of sulfone groups is 1. The third-order valence-electron chi connectivity index (χ3n) is 5.19. The van der Waals surface area contributed by atoms with Gasteiger partial charge in [-0.05, 0) is 30.2 Å². The highest BCUT2D eigenvalue weighted by atomic mass is 32.2. The minimum absolute atomic E-state index is 0.0393. The van der Waals surface area contributed by atoms with Crippen molar-refractivity contribution in [1.29, 1.82) is 0 Å². The fourth-order valence-electron chi connectivity index (χ4n) is 3.65. The molecule has 0 spiro atoms.